The van der Waals surface area contributed by atoms with Crippen LogP contribution in [0.5, 0.6) is 0 Å². The Hall–Kier alpha value is -9.77. The lowest BCUT2D eigenvalue weighted by Gasteiger charge is -2.33. The molecule has 0 aliphatic carbocycles. The van der Waals surface area contributed by atoms with Gasteiger partial charge >= 0.3 is 0 Å². The molecule has 0 radical (unpaired) electrons. The molecule has 6 aliphatic heterocycles. The highest BCUT2D eigenvalue weighted by atomic mass is 15.0. The number of fused-ring (bicyclic) bond motifs is 24. The standard InChI is InChI=1S/3C26H18BN/c1-16-7-6-12-23-24(16)19-14-13-18-15-17-8-2-3-9-20(17)27-21-10-4-5-11-22(21)28(23)26(19)25(18)27;1-16-10-13-23-20(14-16)19-12-11-18-15-17-6-2-3-7-21(17)27-22-8-4-5-9-24(22)28(23)26(19)25(18)27;1-16-10-12-19-20-13-11-18-15-17-6-2-3-7-21(17)27-22-8-4-5-9-23(22)28(24(19)14-16)26(20)25(18)27/h3*2-14H,15H2,1H3. The van der Waals surface area contributed by atoms with E-state index >= 15 is 0 Å². The molecule has 3 aromatic heterocycles. The molecule has 0 N–H and O–H groups in total. The lowest BCUT2D eigenvalue weighted by Crippen LogP contribution is -2.60. The van der Waals surface area contributed by atoms with Crippen LogP contribution in [0, 0.1) is 20.8 Å². The highest BCUT2D eigenvalue weighted by molar-refractivity contribution is 7.00. The Morgan fingerprint density at radius 3 is 1.19 bits per heavy atom. The molecule has 15 aromatic rings. The van der Waals surface area contributed by atoms with Crippen LogP contribution in [0.1, 0.15) is 50.1 Å². The largest absolute Gasteiger partial charge is 0.310 e. The highest BCUT2D eigenvalue weighted by Gasteiger charge is 2.42. The number of hydrogen-bond donors (Lipinski definition) is 0. The SMILES string of the molecule is Cc1ccc2c(c1)c1ccc3c4c1n2-c1ccccc1B4c1ccccc1C3.Cc1ccc2c3ccc4c5c3n(c2c1)-c1ccccc1B5c1ccccc1C4.Cc1cccc2c1c1ccc3c4c1n2-c1ccccc1B4c1ccccc1C3. The monoisotopic (exact) mass is 1070 g/mol. The minimum atomic E-state index is 0.331. The van der Waals surface area contributed by atoms with E-state index in [1.807, 2.05) is 0 Å². The van der Waals surface area contributed by atoms with E-state index < -0.39 is 0 Å². The summed E-state index contributed by atoms with van der Waals surface area (Å²) >= 11 is 0. The summed E-state index contributed by atoms with van der Waals surface area (Å²) in [5, 5.41) is 8.29. The van der Waals surface area contributed by atoms with Crippen LogP contribution in [0.3, 0.4) is 0 Å². The molecule has 9 heterocycles. The van der Waals surface area contributed by atoms with Crippen LogP contribution in [0.2, 0.25) is 0 Å². The average Bonchev–Trinajstić information content (AvgIpc) is 1.71. The van der Waals surface area contributed by atoms with Gasteiger partial charge in [0.25, 0.3) is 0 Å². The Kier molecular flexibility index (Phi) is 9.56. The topological polar surface area (TPSA) is 14.8 Å². The van der Waals surface area contributed by atoms with Gasteiger partial charge in [0.05, 0.1) is 16.6 Å². The van der Waals surface area contributed by atoms with Gasteiger partial charge in [-0.25, -0.2) is 0 Å². The second-order valence-electron chi connectivity index (χ2n) is 24.7. The van der Waals surface area contributed by atoms with Gasteiger partial charge < -0.3 is 13.7 Å². The predicted molar refractivity (Wildman–Crippen MR) is 358 cm³/mol. The molecule has 0 amide bonds. The highest BCUT2D eigenvalue weighted by Crippen LogP contribution is 2.40. The smallest absolute Gasteiger partial charge is 0.247 e. The van der Waals surface area contributed by atoms with Crippen molar-refractivity contribution in [2.24, 2.45) is 0 Å². The molecule has 0 bridgehead atoms. The number of aryl methyl sites for hydroxylation is 3. The van der Waals surface area contributed by atoms with Crippen LogP contribution in [0.25, 0.3) is 82.5 Å². The number of rotatable bonds is 0. The van der Waals surface area contributed by atoms with Crippen molar-refractivity contribution < 1.29 is 0 Å². The van der Waals surface area contributed by atoms with Crippen molar-refractivity contribution in [3.8, 4) is 17.1 Å². The van der Waals surface area contributed by atoms with Gasteiger partial charge in [-0.3, -0.25) is 0 Å². The fourth-order valence-electron chi connectivity index (χ4n) is 16.9. The first-order chi connectivity index (χ1) is 41.4. The molecule has 12 aromatic carbocycles. The summed E-state index contributed by atoms with van der Waals surface area (Å²) in [7, 11) is 0. The summed E-state index contributed by atoms with van der Waals surface area (Å²) in [5.74, 6) is 0. The van der Waals surface area contributed by atoms with Crippen LogP contribution in [0.15, 0.2) is 237 Å². The number of nitrogens with zero attached hydrogens (tertiary/aromatic N) is 3. The average molecular weight is 1070 g/mol. The molecular formula is C78H54B3N3. The van der Waals surface area contributed by atoms with Gasteiger partial charge in [0.2, 0.25) is 20.1 Å². The van der Waals surface area contributed by atoms with Crippen LogP contribution in [0.4, 0.5) is 0 Å². The zero-order chi connectivity index (χ0) is 55.2. The molecular weight excluding hydrogens is 1010 g/mol. The van der Waals surface area contributed by atoms with E-state index in [1.165, 1.54) is 182 Å². The van der Waals surface area contributed by atoms with E-state index in [0.29, 0.717) is 20.1 Å². The molecule has 6 aliphatic rings. The molecule has 0 atom stereocenters. The molecule has 0 saturated carbocycles. The molecule has 84 heavy (non-hydrogen) atoms. The van der Waals surface area contributed by atoms with E-state index in [-0.39, 0.29) is 0 Å². The first-order valence-electron chi connectivity index (χ1n) is 30.1. The molecule has 0 fully saturated rings. The van der Waals surface area contributed by atoms with Gasteiger partial charge in [-0.05, 0) is 160 Å². The number of hydrogen-bond acceptors (Lipinski definition) is 0. The summed E-state index contributed by atoms with van der Waals surface area (Å²) in [6.07, 6.45) is 3.09. The predicted octanol–water partition coefficient (Wildman–Crippen LogP) is 11.5. The van der Waals surface area contributed by atoms with Gasteiger partial charge in [-0.1, -0.05) is 216 Å². The second-order valence-corrected chi connectivity index (χ2v) is 24.7. The quantitative estimate of drug-likeness (QED) is 0.134. The van der Waals surface area contributed by atoms with E-state index in [4.69, 9.17) is 0 Å². The van der Waals surface area contributed by atoms with Gasteiger partial charge in [0, 0.05) is 65.9 Å². The van der Waals surface area contributed by atoms with E-state index in [0.717, 1.165) is 19.3 Å². The van der Waals surface area contributed by atoms with Gasteiger partial charge in [-0.2, -0.15) is 0 Å². The molecule has 0 unspecified atom stereocenters. The lowest BCUT2D eigenvalue weighted by molar-refractivity contribution is 1.16. The number of aromatic nitrogens is 3. The Balaban J connectivity index is 0.0000000929. The lowest BCUT2D eigenvalue weighted by atomic mass is 9.32. The summed E-state index contributed by atoms with van der Waals surface area (Å²) in [6.45, 7) is 7.61. The molecule has 21 rings (SSSR count). The van der Waals surface area contributed by atoms with Crippen molar-refractivity contribution in [1.29, 1.82) is 0 Å². The van der Waals surface area contributed by atoms with E-state index in [9.17, 15) is 0 Å². The van der Waals surface area contributed by atoms with Crippen molar-refractivity contribution in [2.45, 2.75) is 40.0 Å². The second kappa shape index (κ2) is 17.2. The summed E-state index contributed by atoms with van der Waals surface area (Å²) in [4.78, 5) is 0. The maximum atomic E-state index is 2.52. The minimum Gasteiger partial charge on any atom is -0.310 e. The fraction of sp³-hybridized carbons (Fsp3) is 0.0769. The van der Waals surface area contributed by atoms with Gasteiger partial charge in [0.1, 0.15) is 0 Å². The van der Waals surface area contributed by atoms with Crippen molar-refractivity contribution in [3.63, 3.8) is 0 Å². The van der Waals surface area contributed by atoms with Gasteiger partial charge in [0.15, 0.2) is 0 Å². The third kappa shape index (κ3) is 6.20. The Labute approximate surface area is 489 Å². The molecule has 0 saturated heterocycles. The Morgan fingerprint density at radius 2 is 0.667 bits per heavy atom. The summed E-state index contributed by atoms with van der Waals surface area (Å²) in [6, 6.07) is 88.7. The third-order valence-corrected chi connectivity index (χ3v) is 20.3. The maximum Gasteiger partial charge on any atom is 0.247 e. The zero-order valence-electron chi connectivity index (χ0n) is 47.2. The Bertz CT molecular complexity index is 5340. The number of para-hydroxylation sites is 3. The molecule has 0 spiro atoms. The number of benzene rings is 12. The Morgan fingerprint density at radius 1 is 0.274 bits per heavy atom. The van der Waals surface area contributed by atoms with E-state index in [2.05, 4.69) is 271 Å². The first kappa shape index (κ1) is 46.8. The summed E-state index contributed by atoms with van der Waals surface area (Å²) < 4.78 is 7.56. The van der Waals surface area contributed by atoms with Crippen molar-refractivity contribution in [1.82, 2.24) is 13.7 Å². The van der Waals surface area contributed by atoms with Crippen molar-refractivity contribution in [2.75, 3.05) is 0 Å². The maximum absolute atomic E-state index is 2.52. The first-order valence-corrected chi connectivity index (χ1v) is 30.1. The van der Waals surface area contributed by atoms with Crippen molar-refractivity contribution >= 4 is 135 Å². The third-order valence-electron chi connectivity index (χ3n) is 20.3. The van der Waals surface area contributed by atoms with Crippen LogP contribution >= 0.6 is 0 Å². The molecule has 390 valence electrons. The fourth-order valence-corrected chi connectivity index (χ4v) is 16.9. The van der Waals surface area contributed by atoms with Gasteiger partial charge in [-0.15, -0.1) is 0 Å². The summed E-state index contributed by atoms with van der Waals surface area (Å²) in [5.41, 5.74) is 38.3. The van der Waals surface area contributed by atoms with Crippen LogP contribution in [-0.2, 0) is 19.3 Å². The normalized spacial score (nSPS) is 13.7. The van der Waals surface area contributed by atoms with Crippen LogP contribution in [-0.4, -0.2) is 33.8 Å². The zero-order valence-corrected chi connectivity index (χ0v) is 47.2. The minimum absolute atomic E-state index is 0.331. The van der Waals surface area contributed by atoms with E-state index in [1.54, 1.807) is 0 Å². The van der Waals surface area contributed by atoms with Crippen molar-refractivity contribution in [3.05, 3.63) is 287 Å². The molecule has 3 nitrogen and oxygen atoms in total. The molecule has 6 heteroatoms. The van der Waals surface area contributed by atoms with Crippen LogP contribution < -0.4 is 49.2 Å².